The number of rotatable bonds is 7. The van der Waals surface area contributed by atoms with Gasteiger partial charge in [-0.2, -0.15) is 0 Å². The Hall–Kier alpha value is -4.89. The Morgan fingerprint density at radius 3 is 2.02 bits per heavy atom. The maximum atomic E-state index is 5.09. The minimum atomic E-state index is 0.852. The first-order chi connectivity index (χ1) is 19.4. The molecule has 0 saturated carbocycles. The average molecular weight is 520 g/mol. The number of nitrogens with zero attached hydrogens (tertiary/aromatic N) is 3. The summed E-state index contributed by atoms with van der Waals surface area (Å²) in [5.74, 6) is 0. The standard InChI is InChI=1S/C37H33N3/c1-6-7-13-35(37-28(5)38-20-21-39-37)26(3)27(4)40-36-24-34(15-14-25(36)2)33-19-18-31-22-30(16-17-32(31)23-33)29-11-9-8-10-12-29/h6-24H,1H2,2-5H3/b13-7-,35-26-,40-27?. The van der Waals surface area contributed by atoms with Gasteiger partial charge in [0, 0.05) is 23.7 Å². The van der Waals surface area contributed by atoms with Gasteiger partial charge in [-0.05, 0) is 90.1 Å². The van der Waals surface area contributed by atoms with Gasteiger partial charge in [0.2, 0.25) is 0 Å². The van der Waals surface area contributed by atoms with Crippen LogP contribution < -0.4 is 0 Å². The molecule has 4 aromatic carbocycles. The van der Waals surface area contributed by atoms with Gasteiger partial charge in [-0.25, -0.2) is 0 Å². The van der Waals surface area contributed by atoms with Gasteiger partial charge in [0.05, 0.1) is 17.1 Å². The first-order valence-electron chi connectivity index (χ1n) is 13.5. The Bertz CT molecular complexity index is 1790. The molecule has 5 rings (SSSR count). The fourth-order valence-electron chi connectivity index (χ4n) is 4.82. The van der Waals surface area contributed by atoms with Gasteiger partial charge in [0.15, 0.2) is 0 Å². The predicted octanol–water partition coefficient (Wildman–Crippen LogP) is 9.89. The Kier molecular flexibility index (Phi) is 7.93. The number of hydrogen-bond donors (Lipinski definition) is 0. The van der Waals surface area contributed by atoms with Gasteiger partial charge < -0.3 is 0 Å². The van der Waals surface area contributed by atoms with E-state index in [4.69, 9.17) is 4.99 Å². The van der Waals surface area contributed by atoms with Crippen LogP contribution in [0, 0.1) is 13.8 Å². The molecule has 0 saturated heterocycles. The van der Waals surface area contributed by atoms with Crippen LogP contribution in [0.15, 0.2) is 133 Å². The monoisotopic (exact) mass is 519 g/mol. The highest BCUT2D eigenvalue weighted by Crippen LogP contribution is 2.32. The van der Waals surface area contributed by atoms with Crippen molar-refractivity contribution in [2.45, 2.75) is 27.7 Å². The SMILES string of the molecule is C=C/C=C\C(=C(/C)C(C)=Nc1cc(-c2ccc3cc(-c4ccccc4)ccc3c2)ccc1C)c1nccnc1C. The Balaban J connectivity index is 1.51. The third-order valence-corrected chi connectivity index (χ3v) is 7.26. The van der Waals surface area contributed by atoms with Crippen LogP contribution in [0.2, 0.25) is 0 Å². The highest BCUT2D eigenvalue weighted by Gasteiger charge is 2.12. The molecule has 1 heterocycles. The Labute approximate surface area is 237 Å². The minimum Gasteiger partial charge on any atom is -0.258 e. The molecule has 0 aliphatic carbocycles. The third-order valence-electron chi connectivity index (χ3n) is 7.26. The molecular weight excluding hydrogens is 486 g/mol. The fourth-order valence-corrected chi connectivity index (χ4v) is 4.82. The summed E-state index contributed by atoms with van der Waals surface area (Å²) in [7, 11) is 0. The molecule has 0 N–H and O–H groups in total. The zero-order valence-electron chi connectivity index (χ0n) is 23.5. The van der Waals surface area contributed by atoms with E-state index in [-0.39, 0.29) is 0 Å². The minimum absolute atomic E-state index is 0.852. The zero-order chi connectivity index (χ0) is 28.1. The molecule has 1 aromatic heterocycles. The molecule has 0 amide bonds. The van der Waals surface area contributed by atoms with E-state index in [1.165, 1.54) is 27.5 Å². The topological polar surface area (TPSA) is 38.1 Å². The van der Waals surface area contributed by atoms with Gasteiger partial charge in [0.25, 0.3) is 0 Å². The van der Waals surface area contributed by atoms with E-state index < -0.39 is 0 Å². The number of hydrogen-bond acceptors (Lipinski definition) is 3. The van der Waals surface area contributed by atoms with Crippen molar-refractivity contribution >= 4 is 27.7 Å². The van der Waals surface area contributed by atoms with Crippen LogP contribution in [0.5, 0.6) is 0 Å². The van der Waals surface area contributed by atoms with Crippen LogP contribution in [0.3, 0.4) is 0 Å². The molecule has 196 valence electrons. The molecule has 0 radical (unpaired) electrons. The molecule has 0 spiro atoms. The normalized spacial score (nSPS) is 12.6. The number of aryl methyl sites for hydroxylation is 2. The number of aromatic nitrogens is 2. The van der Waals surface area contributed by atoms with Crippen LogP contribution in [-0.2, 0) is 0 Å². The summed E-state index contributed by atoms with van der Waals surface area (Å²) in [6.07, 6.45) is 9.16. The highest BCUT2D eigenvalue weighted by molar-refractivity contribution is 6.07. The van der Waals surface area contributed by atoms with Crippen molar-refractivity contribution in [3.8, 4) is 22.3 Å². The number of fused-ring (bicyclic) bond motifs is 1. The highest BCUT2D eigenvalue weighted by atomic mass is 14.8. The van der Waals surface area contributed by atoms with E-state index in [0.717, 1.165) is 45.1 Å². The molecule has 0 aliphatic rings. The van der Waals surface area contributed by atoms with Crippen molar-refractivity contribution in [1.29, 1.82) is 0 Å². The second-order valence-electron chi connectivity index (χ2n) is 9.97. The zero-order valence-corrected chi connectivity index (χ0v) is 23.5. The van der Waals surface area contributed by atoms with Crippen molar-refractivity contribution in [3.05, 3.63) is 145 Å². The summed E-state index contributed by atoms with van der Waals surface area (Å²) in [4.78, 5) is 14.1. The third kappa shape index (κ3) is 5.74. The van der Waals surface area contributed by atoms with Gasteiger partial charge in [-0.1, -0.05) is 91.5 Å². The van der Waals surface area contributed by atoms with Gasteiger partial charge in [-0.15, -0.1) is 0 Å². The van der Waals surface area contributed by atoms with Crippen molar-refractivity contribution in [2.24, 2.45) is 4.99 Å². The van der Waals surface area contributed by atoms with E-state index in [9.17, 15) is 0 Å². The van der Waals surface area contributed by atoms with Crippen LogP contribution in [0.1, 0.15) is 30.8 Å². The molecule has 3 nitrogen and oxygen atoms in total. The quantitative estimate of drug-likeness (QED) is 0.158. The van der Waals surface area contributed by atoms with Crippen LogP contribution >= 0.6 is 0 Å². The first kappa shape index (κ1) is 26.7. The van der Waals surface area contributed by atoms with Crippen LogP contribution in [-0.4, -0.2) is 15.7 Å². The summed E-state index contributed by atoms with van der Waals surface area (Å²) in [6.45, 7) is 12.0. The molecule has 5 aromatic rings. The van der Waals surface area contributed by atoms with Crippen molar-refractivity contribution < 1.29 is 0 Å². The van der Waals surface area contributed by atoms with E-state index >= 15 is 0 Å². The maximum Gasteiger partial charge on any atom is 0.0917 e. The molecular formula is C37H33N3. The molecule has 0 fully saturated rings. The molecule has 0 bridgehead atoms. The summed E-state index contributed by atoms with van der Waals surface area (Å²) in [5, 5.41) is 2.45. The first-order valence-corrected chi connectivity index (χ1v) is 13.5. The lowest BCUT2D eigenvalue weighted by Crippen LogP contribution is -2.02. The number of benzene rings is 4. The van der Waals surface area contributed by atoms with Gasteiger partial charge in [-0.3, -0.25) is 15.0 Å². The Morgan fingerprint density at radius 2 is 1.35 bits per heavy atom. The predicted molar refractivity (Wildman–Crippen MR) is 171 cm³/mol. The lowest BCUT2D eigenvalue weighted by Gasteiger charge is -2.12. The van der Waals surface area contributed by atoms with E-state index in [2.05, 4.69) is 116 Å². The second kappa shape index (κ2) is 11.9. The smallest absolute Gasteiger partial charge is 0.0917 e. The molecule has 0 aliphatic heterocycles. The number of aliphatic imine (C=N–C) groups is 1. The lowest BCUT2D eigenvalue weighted by atomic mass is 9.97. The largest absolute Gasteiger partial charge is 0.258 e. The fraction of sp³-hybridized carbons (Fsp3) is 0.108. The second-order valence-corrected chi connectivity index (χ2v) is 9.97. The summed E-state index contributed by atoms with van der Waals surface area (Å²) in [6, 6.07) is 30.3. The molecule has 0 unspecified atom stereocenters. The van der Waals surface area contributed by atoms with Crippen molar-refractivity contribution in [3.63, 3.8) is 0 Å². The van der Waals surface area contributed by atoms with Gasteiger partial charge in [0.1, 0.15) is 0 Å². The lowest BCUT2D eigenvalue weighted by molar-refractivity contribution is 1.09. The number of allylic oxidation sites excluding steroid dienone is 5. The van der Waals surface area contributed by atoms with Gasteiger partial charge >= 0.3 is 0 Å². The summed E-state index contributed by atoms with van der Waals surface area (Å²) in [5.41, 5.74) is 11.6. The van der Waals surface area contributed by atoms with E-state index in [1.807, 2.05) is 25.1 Å². The average Bonchev–Trinajstić information content (AvgIpc) is 2.99. The summed E-state index contributed by atoms with van der Waals surface area (Å²) < 4.78 is 0. The van der Waals surface area contributed by atoms with E-state index in [1.54, 1.807) is 18.5 Å². The molecule has 3 heteroatoms. The Morgan fingerprint density at radius 1 is 0.725 bits per heavy atom. The molecule has 0 atom stereocenters. The van der Waals surface area contributed by atoms with E-state index in [0.29, 0.717) is 0 Å². The van der Waals surface area contributed by atoms with Crippen LogP contribution in [0.4, 0.5) is 5.69 Å². The molecule has 40 heavy (non-hydrogen) atoms. The van der Waals surface area contributed by atoms with Crippen molar-refractivity contribution in [2.75, 3.05) is 0 Å². The maximum absolute atomic E-state index is 5.09. The van der Waals surface area contributed by atoms with Crippen LogP contribution in [0.25, 0.3) is 38.6 Å². The van der Waals surface area contributed by atoms with Crippen molar-refractivity contribution in [1.82, 2.24) is 9.97 Å². The summed E-state index contributed by atoms with van der Waals surface area (Å²) >= 11 is 0.